The topological polar surface area (TPSA) is 133 Å². The number of aromatic hydroxyl groups is 1. The number of hydrogen-bond acceptors (Lipinski definition) is 6. The minimum Gasteiger partial charge on any atom is -0.506 e. The molecule has 2 aromatic carbocycles. The molecule has 0 unspecified atom stereocenters. The predicted octanol–water partition coefficient (Wildman–Crippen LogP) is 2.35. The van der Waals surface area contributed by atoms with E-state index in [0.717, 1.165) is 5.56 Å². The van der Waals surface area contributed by atoms with E-state index >= 15 is 0 Å². The number of carbonyl (C=O) groups is 1. The van der Waals surface area contributed by atoms with Gasteiger partial charge in [0.2, 0.25) is 26.0 Å². The predicted molar refractivity (Wildman–Crippen MR) is 123 cm³/mol. The van der Waals surface area contributed by atoms with Crippen LogP contribution in [-0.2, 0) is 24.8 Å². The number of carbonyl (C=O) groups excluding carboxylic acids is 1. The lowest BCUT2D eigenvalue weighted by Gasteiger charge is -2.19. The number of amides is 1. The molecule has 0 aliphatic heterocycles. The van der Waals surface area contributed by atoms with Crippen molar-refractivity contribution in [1.29, 1.82) is 0 Å². The van der Waals surface area contributed by atoms with Gasteiger partial charge in [-0.2, -0.15) is 4.31 Å². The van der Waals surface area contributed by atoms with Crippen LogP contribution in [0.25, 0.3) is 0 Å². The highest BCUT2D eigenvalue weighted by Gasteiger charge is 2.23. The van der Waals surface area contributed by atoms with Crippen molar-refractivity contribution in [3.8, 4) is 5.75 Å². The number of phenolic OH excluding ortho intramolecular Hbond substituents is 1. The van der Waals surface area contributed by atoms with Crippen LogP contribution in [0.1, 0.15) is 31.4 Å². The summed E-state index contributed by atoms with van der Waals surface area (Å²) in [5, 5.41) is 12.5. The molecule has 32 heavy (non-hydrogen) atoms. The van der Waals surface area contributed by atoms with E-state index in [0.29, 0.717) is 5.56 Å². The van der Waals surface area contributed by atoms with Gasteiger partial charge in [-0.1, -0.05) is 26.0 Å². The van der Waals surface area contributed by atoms with Crippen molar-refractivity contribution in [1.82, 2.24) is 9.03 Å². The average molecular weight is 484 g/mol. The van der Waals surface area contributed by atoms with Crippen molar-refractivity contribution in [2.45, 2.75) is 43.9 Å². The second-order valence-electron chi connectivity index (χ2n) is 7.23. The van der Waals surface area contributed by atoms with E-state index in [4.69, 9.17) is 0 Å². The van der Waals surface area contributed by atoms with E-state index in [2.05, 4.69) is 10.0 Å². The molecule has 0 saturated heterocycles. The number of rotatable bonds is 10. The normalized spacial score (nSPS) is 12.2. The average Bonchev–Trinajstić information content (AvgIpc) is 2.71. The molecule has 0 bridgehead atoms. The molecule has 3 N–H and O–H groups in total. The van der Waals surface area contributed by atoms with Crippen molar-refractivity contribution in [3.63, 3.8) is 0 Å². The van der Waals surface area contributed by atoms with Gasteiger partial charge in [0.1, 0.15) is 5.75 Å². The van der Waals surface area contributed by atoms with Crippen LogP contribution in [0.4, 0.5) is 5.69 Å². The largest absolute Gasteiger partial charge is 0.506 e. The summed E-state index contributed by atoms with van der Waals surface area (Å²) >= 11 is 0. The zero-order valence-electron chi connectivity index (χ0n) is 18.5. The number of anilines is 1. The highest BCUT2D eigenvalue weighted by molar-refractivity contribution is 7.89. The van der Waals surface area contributed by atoms with Crippen LogP contribution in [-0.4, -0.2) is 51.8 Å². The van der Waals surface area contributed by atoms with Crippen LogP contribution >= 0.6 is 0 Å². The number of aryl methyl sites for hydroxylation is 2. The summed E-state index contributed by atoms with van der Waals surface area (Å²) in [6.45, 7) is 7.28. The molecule has 0 heterocycles. The van der Waals surface area contributed by atoms with Gasteiger partial charge in [0.15, 0.2) is 0 Å². The fourth-order valence-corrected chi connectivity index (χ4v) is 5.92. The number of nitrogens with one attached hydrogen (secondary N) is 2. The molecule has 1 amide bonds. The molecule has 0 fully saturated rings. The van der Waals surface area contributed by atoms with Crippen molar-refractivity contribution >= 4 is 31.6 Å². The van der Waals surface area contributed by atoms with Crippen LogP contribution in [0.3, 0.4) is 0 Å². The zero-order valence-corrected chi connectivity index (χ0v) is 20.2. The minimum atomic E-state index is -3.80. The van der Waals surface area contributed by atoms with E-state index in [1.165, 1.54) is 22.5 Å². The Morgan fingerprint density at radius 2 is 1.66 bits per heavy atom. The fraction of sp³-hybridized carbons (Fsp3) is 0.381. The molecule has 2 rings (SSSR count). The van der Waals surface area contributed by atoms with Gasteiger partial charge < -0.3 is 10.4 Å². The molecule has 0 saturated carbocycles. The lowest BCUT2D eigenvalue weighted by molar-refractivity contribution is -0.116. The molecule has 2 aromatic rings. The first-order valence-corrected chi connectivity index (χ1v) is 13.0. The molecular formula is C21H29N3O6S2. The highest BCUT2D eigenvalue weighted by Crippen LogP contribution is 2.28. The maximum Gasteiger partial charge on any atom is 0.243 e. The molecule has 0 spiro atoms. The Labute approximate surface area is 189 Å². The molecule has 0 radical (unpaired) electrons. The van der Waals surface area contributed by atoms with Gasteiger partial charge in [-0.3, -0.25) is 4.79 Å². The lowest BCUT2D eigenvalue weighted by atomic mass is 10.2. The molecule has 0 aromatic heterocycles. The Bertz CT molecular complexity index is 1190. The zero-order chi connectivity index (χ0) is 24.1. The molecule has 11 heteroatoms. The first-order chi connectivity index (χ1) is 14.9. The second-order valence-corrected chi connectivity index (χ2v) is 10.9. The third kappa shape index (κ3) is 6.06. The second kappa shape index (κ2) is 10.4. The molecule has 0 aliphatic rings. The van der Waals surface area contributed by atoms with Gasteiger partial charge in [0.25, 0.3) is 0 Å². The highest BCUT2D eigenvalue weighted by atomic mass is 32.2. The summed E-state index contributed by atoms with van der Waals surface area (Å²) in [5.41, 5.74) is 1.31. The first kappa shape index (κ1) is 25.8. The van der Waals surface area contributed by atoms with Crippen LogP contribution in [0.15, 0.2) is 46.2 Å². The third-order valence-electron chi connectivity index (χ3n) is 4.86. The van der Waals surface area contributed by atoms with E-state index in [-0.39, 0.29) is 47.3 Å². The number of hydrogen-bond donors (Lipinski definition) is 3. The van der Waals surface area contributed by atoms with Crippen molar-refractivity contribution in [2.24, 2.45) is 0 Å². The van der Waals surface area contributed by atoms with Gasteiger partial charge in [-0.25, -0.2) is 21.6 Å². The van der Waals surface area contributed by atoms with Crippen molar-refractivity contribution < 1.29 is 26.7 Å². The Hall–Kier alpha value is -2.47. The third-order valence-corrected chi connectivity index (χ3v) is 8.51. The summed E-state index contributed by atoms with van der Waals surface area (Å²) in [5.74, 6) is -0.880. The smallest absolute Gasteiger partial charge is 0.243 e. The summed E-state index contributed by atoms with van der Waals surface area (Å²) in [6.07, 6.45) is -0.212. The van der Waals surface area contributed by atoms with Gasteiger partial charge in [0.05, 0.1) is 15.5 Å². The summed E-state index contributed by atoms with van der Waals surface area (Å²) < 4.78 is 54.0. The van der Waals surface area contributed by atoms with Gasteiger partial charge >= 0.3 is 0 Å². The standard InChI is InChI=1S/C21H29N3O6S2/c1-5-24(6-2)32(29,30)17-9-10-19(25)18(14-17)23-21(26)11-12-22-31(27,28)20-13-15(3)7-8-16(20)4/h7-10,13-14,22,25H,5-6,11-12H2,1-4H3,(H,23,26). The van der Waals surface area contributed by atoms with Crippen LogP contribution in [0, 0.1) is 13.8 Å². The molecular weight excluding hydrogens is 454 g/mol. The molecule has 0 aliphatic carbocycles. The molecule has 176 valence electrons. The maximum atomic E-state index is 12.7. The molecule has 0 atom stereocenters. The monoisotopic (exact) mass is 483 g/mol. The number of nitrogens with zero attached hydrogens (tertiary/aromatic N) is 1. The Morgan fingerprint density at radius 1 is 1.00 bits per heavy atom. The minimum absolute atomic E-state index is 0.0649. The van der Waals surface area contributed by atoms with Crippen LogP contribution in [0.5, 0.6) is 5.75 Å². The van der Waals surface area contributed by atoms with E-state index in [9.17, 15) is 26.7 Å². The number of sulfonamides is 2. The van der Waals surface area contributed by atoms with Gasteiger partial charge in [0, 0.05) is 26.1 Å². The summed E-state index contributed by atoms with van der Waals surface area (Å²) in [6, 6.07) is 8.70. The number of benzene rings is 2. The van der Waals surface area contributed by atoms with E-state index < -0.39 is 26.0 Å². The SMILES string of the molecule is CCN(CC)S(=O)(=O)c1ccc(O)c(NC(=O)CCNS(=O)(=O)c2cc(C)ccc2C)c1. The van der Waals surface area contributed by atoms with Crippen LogP contribution < -0.4 is 10.0 Å². The molecule has 9 nitrogen and oxygen atoms in total. The Kier molecular flexibility index (Phi) is 8.41. The van der Waals surface area contributed by atoms with Gasteiger partial charge in [-0.15, -0.1) is 0 Å². The van der Waals surface area contributed by atoms with E-state index in [1.807, 2.05) is 6.07 Å². The Morgan fingerprint density at radius 3 is 2.28 bits per heavy atom. The van der Waals surface area contributed by atoms with Gasteiger partial charge in [-0.05, 0) is 49.2 Å². The Balaban J connectivity index is 2.08. The lowest BCUT2D eigenvalue weighted by Crippen LogP contribution is -2.30. The van der Waals surface area contributed by atoms with Crippen molar-refractivity contribution in [3.05, 3.63) is 47.5 Å². The van der Waals surface area contributed by atoms with Crippen molar-refractivity contribution in [2.75, 3.05) is 25.0 Å². The fourth-order valence-electron chi connectivity index (χ4n) is 3.07. The first-order valence-electron chi connectivity index (χ1n) is 10.1. The summed E-state index contributed by atoms with van der Waals surface area (Å²) in [4.78, 5) is 12.4. The van der Waals surface area contributed by atoms with E-state index in [1.54, 1.807) is 39.8 Å². The number of phenols is 1. The van der Waals surface area contributed by atoms with Crippen LogP contribution in [0.2, 0.25) is 0 Å². The summed E-state index contributed by atoms with van der Waals surface area (Å²) in [7, 11) is -7.57. The maximum absolute atomic E-state index is 12.7. The quantitative estimate of drug-likeness (QED) is 0.444.